The number of carboxylic acid groups (broad SMARTS) is 1. The fourth-order valence-electron chi connectivity index (χ4n) is 2.16. The van der Waals surface area contributed by atoms with Gasteiger partial charge in [-0.3, -0.25) is 4.79 Å². The van der Waals surface area contributed by atoms with Crippen LogP contribution < -0.4 is 10.6 Å². The summed E-state index contributed by atoms with van der Waals surface area (Å²) in [7, 11) is 0. The molecule has 98 valence electrons. The maximum atomic E-state index is 11.1. The molecule has 0 aliphatic carbocycles. The number of nitrogens with two attached hydrogens (primary N) is 1. The third-order valence-electron chi connectivity index (χ3n) is 3.60. The normalized spacial score (nSPS) is 18.7. The standard InChI is InChI=1S/C13H17BrN2O2/c1-9-2-3-10(8-11(9)14)16-6-4-13(15,5-7-16)12(17)18/h2-3,8H,4-7,15H2,1H3,(H,17,18). The van der Waals surface area contributed by atoms with Gasteiger partial charge >= 0.3 is 5.97 Å². The van der Waals surface area contributed by atoms with E-state index in [0.717, 1.165) is 10.2 Å². The average molecular weight is 313 g/mol. The number of hydrogen-bond acceptors (Lipinski definition) is 3. The Morgan fingerprint density at radius 2 is 2.06 bits per heavy atom. The van der Waals surface area contributed by atoms with E-state index in [2.05, 4.69) is 39.0 Å². The maximum Gasteiger partial charge on any atom is 0.323 e. The van der Waals surface area contributed by atoms with Crippen molar-refractivity contribution in [2.24, 2.45) is 5.73 Å². The van der Waals surface area contributed by atoms with Gasteiger partial charge in [0.25, 0.3) is 0 Å². The molecule has 0 bridgehead atoms. The molecule has 0 aromatic heterocycles. The van der Waals surface area contributed by atoms with Crippen LogP contribution in [0, 0.1) is 6.92 Å². The van der Waals surface area contributed by atoms with Crippen molar-refractivity contribution in [3.05, 3.63) is 28.2 Å². The first kappa shape index (κ1) is 13.4. The van der Waals surface area contributed by atoms with E-state index in [-0.39, 0.29) is 0 Å². The first-order valence-corrected chi connectivity index (χ1v) is 6.75. The molecule has 2 rings (SSSR count). The van der Waals surface area contributed by atoms with E-state index < -0.39 is 11.5 Å². The Hall–Kier alpha value is -1.07. The van der Waals surface area contributed by atoms with Gasteiger partial charge in [-0.05, 0) is 37.5 Å². The quantitative estimate of drug-likeness (QED) is 0.878. The predicted molar refractivity (Wildman–Crippen MR) is 74.9 cm³/mol. The van der Waals surface area contributed by atoms with Crippen LogP contribution in [0.15, 0.2) is 22.7 Å². The molecule has 1 aliphatic rings. The Morgan fingerprint density at radius 3 is 2.56 bits per heavy atom. The molecule has 0 saturated carbocycles. The van der Waals surface area contributed by atoms with Crippen LogP contribution in [0.4, 0.5) is 5.69 Å². The van der Waals surface area contributed by atoms with Gasteiger partial charge in [0, 0.05) is 23.2 Å². The summed E-state index contributed by atoms with van der Waals surface area (Å²) in [4.78, 5) is 13.2. The van der Waals surface area contributed by atoms with Crippen molar-refractivity contribution in [2.75, 3.05) is 18.0 Å². The van der Waals surface area contributed by atoms with Crippen molar-refractivity contribution in [2.45, 2.75) is 25.3 Å². The number of anilines is 1. The number of aliphatic carboxylic acids is 1. The van der Waals surface area contributed by atoms with Crippen LogP contribution in [-0.2, 0) is 4.79 Å². The smallest absolute Gasteiger partial charge is 0.323 e. The molecule has 18 heavy (non-hydrogen) atoms. The molecule has 4 nitrogen and oxygen atoms in total. The summed E-state index contributed by atoms with van der Waals surface area (Å²) in [5.74, 6) is -0.896. The highest BCUT2D eigenvalue weighted by Gasteiger charge is 2.37. The monoisotopic (exact) mass is 312 g/mol. The molecule has 1 aliphatic heterocycles. The van der Waals surface area contributed by atoms with Crippen molar-refractivity contribution in [1.29, 1.82) is 0 Å². The Morgan fingerprint density at radius 1 is 1.44 bits per heavy atom. The summed E-state index contributed by atoms with van der Waals surface area (Å²) in [6.45, 7) is 3.40. The van der Waals surface area contributed by atoms with Gasteiger partial charge < -0.3 is 15.7 Å². The summed E-state index contributed by atoms with van der Waals surface area (Å²) < 4.78 is 1.07. The minimum atomic E-state index is -1.06. The largest absolute Gasteiger partial charge is 0.480 e. The second-order valence-electron chi connectivity index (χ2n) is 4.88. The Balaban J connectivity index is 2.10. The van der Waals surface area contributed by atoms with Gasteiger partial charge in [0.05, 0.1) is 0 Å². The van der Waals surface area contributed by atoms with Crippen LogP contribution in [-0.4, -0.2) is 29.7 Å². The second-order valence-corrected chi connectivity index (χ2v) is 5.74. The van der Waals surface area contributed by atoms with Crippen LogP contribution >= 0.6 is 15.9 Å². The number of hydrogen-bond donors (Lipinski definition) is 2. The maximum absolute atomic E-state index is 11.1. The molecule has 5 heteroatoms. The number of halogens is 1. The third-order valence-corrected chi connectivity index (χ3v) is 4.46. The zero-order valence-corrected chi connectivity index (χ0v) is 11.9. The van der Waals surface area contributed by atoms with E-state index in [0.29, 0.717) is 25.9 Å². The van der Waals surface area contributed by atoms with Gasteiger partial charge in [-0.2, -0.15) is 0 Å². The van der Waals surface area contributed by atoms with E-state index in [4.69, 9.17) is 10.8 Å². The first-order chi connectivity index (χ1) is 8.42. The number of carboxylic acids is 1. The van der Waals surface area contributed by atoms with Crippen LogP contribution in [0.25, 0.3) is 0 Å². The number of nitrogens with zero attached hydrogens (tertiary/aromatic N) is 1. The molecule has 0 atom stereocenters. The van der Waals surface area contributed by atoms with E-state index >= 15 is 0 Å². The van der Waals surface area contributed by atoms with Gasteiger partial charge in [-0.1, -0.05) is 22.0 Å². The van der Waals surface area contributed by atoms with E-state index in [1.165, 1.54) is 5.56 Å². The van der Waals surface area contributed by atoms with Crippen LogP contribution in [0.1, 0.15) is 18.4 Å². The lowest BCUT2D eigenvalue weighted by Crippen LogP contribution is -2.55. The molecule has 3 N–H and O–H groups in total. The third kappa shape index (κ3) is 2.52. The Bertz CT molecular complexity index is 468. The lowest BCUT2D eigenvalue weighted by molar-refractivity contribution is -0.144. The van der Waals surface area contributed by atoms with Gasteiger partial charge in [-0.15, -0.1) is 0 Å². The van der Waals surface area contributed by atoms with Crippen LogP contribution in [0.2, 0.25) is 0 Å². The fraction of sp³-hybridized carbons (Fsp3) is 0.462. The van der Waals surface area contributed by atoms with Crippen molar-refractivity contribution in [3.8, 4) is 0 Å². The van der Waals surface area contributed by atoms with Crippen molar-refractivity contribution < 1.29 is 9.90 Å². The number of aryl methyl sites for hydroxylation is 1. The first-order valence-electron chi connectivity index (χ1n) is 5.96. The van der Waals surface area contributed by atoms with E-state index in [1.54, 1.807) is 0 Å². The summed E-state index contributed by atoms with van der Waals surface area (Å²) in [5, 5.41) is 9.08. The molecule has 1 saturated heterocycles. The number of carbonyl (C=O) groups is 1. The SMILES string of the molecule is Cc1ccc(N2CCC(N)(C(=O)O)CC2)cc1Br. The average Bonchev–Trinajstić information content (AvgIpc) is 2.34. The van der Waals surface area contributed by atoms with Gasteiger partial charge in [0.2, 0.25) is 0 Å². The van der Waals surface area contributed by atoms with Crippen LogP contribution in [0.5, 0.6) is 0 Å². The highest BCUT2D eigenvalue weighted by molar-refractivity contribution is 9.10. The van der Waals surface area contributed by atoms with Crippen LogP contribution in [0.3, 0.4) is 0 Å². The minimum absolute atomic E-state index is 0.480. The molecule has 1 fully saturated rings. The van der Waals surface area contributed by atoms with E-state index in [9.17, 15) is 4.79 Å². The summed E-state index contributed by atoms with van der Waals surface area (Å²) in [6, 6.07) is 6.19. The highest BCUT2D eigenvalue weighted by atomic mass is 79.9. The molecular formula is C13H17BrN2O2. The summed E-state index contributed by atoms with van der Waals surface area (Å²) >= 11 is 3.51. The fourth-order valence-corrected chi connectivity index (χ4v) is 2.52. The molecule has 1 heterocycles. The van der Waals surface area contributed by atoms with Gasteiger partial charge in [0.15, 0.2) is 0 Å². The predicted octanol–water partition coefficient (Wildman–Crippen LogP) is 2.14. The minimum Gasteiger partial charge on any atom is -0.480 e. The van der Waals surface area contributed by atoms with E-state index in [1.807, 2.05) is 6.92 Å². The van der Waals surface area contributed by atoms with Crippen molar-refractivity contribution in [3.63, 3.8) is 0 Å². The zero-order valence-electron chi connectivity index (χ0n) is 10.3. The molecular weight excluding hydrogens is 296 g/mol. The number of benzene rings is 1. The molecule has 0 unspecified atom stereocenters. The lowest BCUT2D eigenvalue weighted by Gasteiger charge is -2.37. The number of piperidine rings is 1. The molecule has 0 spiro atoms. The second kappa shape index (κ2) is 4.90. The van der Waals surface area contributed by atoms with Crippen molar-refractivity contribution >= 4 is 27.6 Å². The molecule has 0 amide bonds. The highest BCUT2D eigenvalue weighted by Crippen LogP contribution is 2.28. The lowest BCUT2D eigenvalue weighted by atomic mass is 9.88. The summed E-state index contributed by atoms with van der Waals surface area (Å²) in [5.41, 5.74) is 7.10. The molecule has 0 radical (unpaired) electrons. The zero-order chi connectivity index (χ0) is 13.3. The van der Waals surface area contributed by atoms with Gasteiger partial charge in [-0.25, -0.2) is 0 Å². The molecule has 1 aromatic rings. The summed E-state index contributed by atoms with van der Waals surface area (Å²) in [6.07, 6.45) is 0.960. The van der Waals surface area contributed by atoms with Crippen molar-refractivity contribution in [1.82, 2.24) is 0 Å². The van der Waals surface area contributed by atoms with Gasteiger partial charge in [0.1, 0.15) is 5.54 Å². The molecule has 1 aromatic carbocycles. The Kier molecular flexibility index (Phi) is 3.64. The number of rotatable bonds is 2. The Labute approximate surface area is 115 Å². The topological polar surface area (TPSA) is 66.6 Å².